The Labute approximate surface area is 103 Å². The monoisotopic (exact) mass is 247 g/mol. The molecule has 0 aliphatic carbocycles. The van der Waals surface area contributed by atoms with E-state index in [-0.39, 0.29) is 6.10 Å². The van der Waals surface area contributed by atoms with Crippen LogP contribution in [-0.2, 0) is 4.74 Å². The number of primary amides is 1. The van der Waals surface area contributed by atoms with E-state index in [1.54, 1.807) is 24.4 Å². The van der Waals surface area contributed by atoms with E-state index >= 15 is 0 Å². The topological polar surface area (TPSA) is 79.4 Å². The van der Waals surface area contributed by atoms with Crippen molar-refractivity contribution in [3.63, 3.8) is 0 Å². The molecule has 6 heteroatoms. The normalized spacial score (nSPS) is 19.2. The Balaban J connectivity index is 1.87. The van der Waals surface area contributed by atoms with E-state index in [0.29, 0.717) is 12.2 Å². The van der Waals surface area contributed by atoms with Gasteiger partial charge in [-0.1, -0.05) is 0 Å². The van der Waals surface area contributed by atoms with E-state index in [0.717, 1.165) is 23.9 Å². The second-order valence-corrected chi connectivity index (χ2v) is 4.26. The number of ether oxygens (including phenoxy) is 1. The third kappa shape index (κ3) is 2.02. The lowest BCUT2D eigenvalue weighted by atomic mass is 10.1. The Kier molecular flexibility index (Phi) is 2.64. The number of rotatable bonds is 3. The maximum Gasteiger partial charge on any atom is 0.248 e. The molecule has 18 heavy (non-hydrogen) atoms. The van der Waals surface area contributed by atoms with Crippen molar-refractivity contribution in [1.29, 1.82) is 0 Å². The van der Waals surface area contributed by atoms with Gasteiger partial charge in [-0.2, -0.15) is 0 Å². The first-order chi connectivity index (χ1) is 8.72. The smallest absolute Gasteiger partial charge is 0.248 e. The summed E-state index contributed by atoms with van der Waals surface area (Å²) in [6.07, 6.45) is 2.64. The molecule has 1 aliphatic heterocycles. The van der Waals surface area contributed by atoms with E-state index in [4.69, 9.17) is 15.3 Å². The molecule has 1 unspecified atom stereocenters. The van der Waals surface area contributed by atoms with Crippen molar-refractivity contribution < 1.29 is 14.4 Å². The molecule has 2 heterocycles. The van der Waals surface area contributed by atoms with Crippen LogP contribution in [0, 0.1) is 0 Å². The predicted molar refractivity (Wildman–Crippen MR) is 64.1 cm³/mol. The summed E-state index contributed by atoms with van der Waals surface area (Å²) in [4.78, 5) is 18.1. The highest BCUT2D eigenvalue weighted by atomic mass is 16.7. The van der Waals surface area contributed by atoms with Gasteiger partial charge in [0.15, 0.2) is 6.10 Å². The molecule has 1 amide bonds. The lowest BCUT2D eigenvalue weighted by Gasteiger charge is -2.09. The number of aromatic nitrogens is 2. The number of benzene rings is 1. The van der Waals surface area contributed by atoms with E-state index in [1.165, 1.54) is 4.85 Å². The molecule has 1 atom stereocenters. The molecule has 2 aromatic rings. The number of hydrogen-bond acceptors (Lipinski definition) is 4. The molecule has 0 saturated carbocycles. The molecule has 0 bridgehead atoms. The van der Waals surface area contributed by atoms with Crippen LogP contribution in [0.3, 0.4) is 0 Å². The first-order valence-electron chi connectivity index (χ1n) is 5.76. The molecular weight excluding hydrogens is 234 g/mol. The van der Waals surface area contributed by atoms with Gasteiger partial charge in [0.1, 0.15) is 0 Å². The predicted octanol–water partition coefficient (Wildman–Crippen LogP) is 0.353. The maximum absolute atomic E-state index is 11.1. The first-order valence-corrected chi connectivity index (χ1v) is 5.76. The fourth-order valence-corrected chi connectivity index (χ4v) is 1.96. The van der Waals surface area contributed by atoms with E-state index in [2.05, 4.69) is 5.10 Å². The van der Waals surface area contributed by atoms with Crippen molar-refractivity contribution in [3.8, 4) is 0 Å². The van der Waals surface area contributed by atoms with Crippen LogP contribution in [0.1, 0.15) is 16.8 Å². The summed E-state index contributed by atoms with van der Waals surface area (Å²) >= 11 is 0. The van der Waals surface area contributed by atoms with Gasteiger partial charge in [-0.25, -0.2) is 0 Å². The minimum absolute atomic E-state index is 0.0370. The Morgan fingerprint density at radius 3 is 3.17 bits per heavy atom. The lowest BCUT2D eigenvalue weighted by Crippen LogP contribution is -2.25. The van der Waals surface area contributed by atoms with Crippen LogP contribution in [-0.4, -0.2) is 35.2 Å². The summed E-state index contributed by atoms with van der Waals surface area (Å²) in [5.41, 5.74) is 6.46. The molecule has 0 radical (unpaired) electrons. The number of carbonyl (C=O) groups excluding carboxylic acids is 1. The molecule has 6 nitrogen and oxygen atoms in total. The number of fused-ring (bicyclic) bond motifs is 1. The van der Waals surface area contributed by atoms with Gasteiger partial charge in [0, 0.05) is 17.4 Å². The number of nitrogens with zero attached hydrogens (tertiary/aromatic N) is 2. The van der Waals surface area contributed by atoms with E-state index in [9.17, 15) is 4.79 Å². The Morgan fingerprint density at radius 2 is 2.44 bits per heavy atom. The molecule has 1 fully saturated rings. The highest BCUT2D eigenvalue weighted by molar-refractivity contribution is 5.96. The van der Waals surface area contributed by atoms with Crippen molar-refractivity contribution in [2.75, 3.05) is 13.2 Å². The third-order valence-electron chi connectivity index (χ3n) is 2.91. The second-order valence-electron chi connectivity index (χ2n) is 4.26. The second kappa shape index (κ2) is 4.30. The van der Waals surface area contributed by atoms with Gasteiger partial charge in [-0.15, -0.1) is 9.94 Å². The van der Waals surface area contributed by atoms with Gasteiger partial charge in [0.05, 0.1) is 24.9 Å². The van der Waals surface area contributed by atoms with Crippen LogP contribution >= 0.6 is 0 Å². The van der Waals surface area contributed by atoms with Crippen LogP contribution < -0.4 is 10.6 Å². The van der Waals surface area contributed by atoms with Gasteiger partial charge in [0.2, 0.25) is 5.91 Å². The zero-order chi connectivity index (χ0) is 12.5. The fourth-order valence-electron chi connectivity index (χ4n) is 1.96. The molecule has 2 N–H and O–H groups in total. The van der Waals surface area contributed by atoms with Crippen LogP contribution in [0.25, 0.3) is 10.9 Å². The Bertz CT molecular complexity index is 587. The molecule has 1 aliphatic rings. The van der Waals surface area contributed by atoms with E-state index in [1.807, 2.05) is 0 Å². The number of hydrogen-bond donors (Lipinski definition) is 1. The van der Waals surface area contributed by atoms with Gasteiger partial charge < -0.3 is 15.3 Å². The van der Waals surface area contributed by atoms with Gasteiger partial charge >= 0.3 is 0 Å². The van der Waals surface area contributed by atoms with Gasteiger partial charge in [0.25, 0.3) is 0 Å². The van der Waals surface area contributed by atoms with Gasteiger partial charge in [-0.3, -0.25) is 4.79 Å². The van der Waals surface area contributed by atoms with Crippen LogP contribution in [0.5, 0.6) is 0 Å². The fraction of sp³-hybridized carbons (Fsp3) is 0.333. The first kappa shape index (κ1) is 11.0. The average Bonchev–Trinajstić information content (AvgIpc) is 2.96. The van der Waals surface area contributed by atoms with Crippen LogP contribution in [0.15, 0.2) is 24.4 Å². The summed E-state index contributed by atoms with van der Waals surface area (Å²) in [5, 5.41) is 5.09. The van der Waals surface area contributed by atoms with E-state index < -0.39 is 5.91 Å². The summed E-state index contributed by atoms with van der Waals surface area (Å²) in [5.74, 6) is -0.449. The summed E-state index contributed by atoms with van der Waals surface area (Å²) in [7, 11) is 0. The highest BCUT2D eigenvalue weighted by Crippen LogP contribution is 2.14. The standard InChI is InChI=1S/C12H13N3O3/c13-12(16)8-1-2-11-9(5-8)6-15(14-11)18-10-3-4-17-7-10/h1-2,5-6,10H,3-4,7H2,(H2,13,16). The molecule has 3 rings (SSSR count). The van der Waals surface area contributed by atoms with Crippen molar-refractivity contribution in [2.45, 2.75) is 12.5 Å². The number of amides is 1. The molecule has 0 spiro atoms. The quantitative estimate of drug-likeness (QED) is 0.848. The summed E-state index contributed by atoms with van der Waals surface area (Å²) in [6, 6.07) is 5.11. The summed E-state index contributed by atoms with van der Waals surface area (Å²) in [6.45, 7) is 1.31. The number of nitrogens with two attached hydrogens (primary N) is 1. The van der Waals surface area contributed by atoms with Crippen molar-refractivity contribution in [2.24, 2.45) is 5.73 Å². The van der Waals surface area contributed by atoms with Crippen LogP contribution in [0.4, 0.5) is 0 Å². The lowest BCUT2D eigenvalue weighted by molar-refractivity contribution is 0.0106. The SMILES string of the molecule is NC(=O)c1ccc2nn(OC3CCOC3)cc2c1. The molecule has 1 aromatic heterocycles. The minimum atomic E-state index is -0.449. The van der Waals surface area contributed by atoms with Crippen molar-refractivity contribution in [1.82, 2.24) is 9.94 Å². The van der Waals surface area contributed by atoms with Crippen LogP contribution in [0.2, 0.25) is 0 Å². The largest absolute Gasteiger partial charge is 0.391 e. The molecule has 94 valence electrons. The average molecular weight is 247 g/mol. The third-order valence-corrected chi connectivity index (χ3v) is 2.91. The van der Waals surface area contributed by atoms with Gasteiger partial charge in [-0.05, 0) is 18.2 Å². The minimum Gasteiger partial charge on any atom is -0.391 e. The highest BCUT2D eigenvalue weighted by Gasteiger charge is 2.18. The molecular formula is C12H13N3O3. The molecule has 1 aromatic carbocycles. The molecule has 1 saturated heterocycles. The van der Waals surface area contributed by atoms with Crippen molar-refractivity contribution >= 4 is 16.8 Å². The zero-order valence-corrected chi connectivity index (χ0v) is 9.70. The number of carbonyl (C=O) groups is 1. The summed E-state index contributed by atoms with van der Waals surface area (Å²) < 4.78 is 5.23. The zero-order valence-electron chi connectivity index (χ0n) is 9.70. The Morgan fingerprint density at radius 1 is 1.56 bits per heavy atom. The Hall–Kier alpha value is -2.08. The maximum atomic E-state index is 11.1. The van der Waals surface area contributed by atoms with Crippen molar-refractivity contribution in [3.05, 3.63) is 30.0 Å².